The van der Waals surface area contributed by atoms with Gasteiger partial charge < -0.3 is 23.5 Å². The summed E-state index contributed by atoms with van der Waals surface area (Å²) in [5.41, 5.74) is 0.700. The molecular weight excluding hydrogens is 364 g/mol. The van der Waals surface area contributed by atoms with Gasteiger partial charge >= 0.3 is 5.97 Å². The molecule has 0 N–H and O–H groups in total. The number of carbonyl (C=O) groups excluding carboxylic acids is 1. The summed E-state index contributed by atoms with van der Waals surface area (Å²) in [5.74, 6) is 1.72. The lowest BCUT2D eigenvalue weighted by molar-refractivity contribution is -0.156. The number of para-hydroxylation sites is 3. The Bertz CT molecular complexity index is 971. The predicted octanol–water partition coefficient (Wildman–Crippen LogP) is 3.02. The van der Waals surface area contributed by atoms with E-state index in [-0.39, 0.29) is 19.1 Å². The Kier molecular flexibility index (Phi) is 5.09. The Morgan fingerprint density at radius 1 is 1.14 bits per heavy atom. The second-order valence-electron chi connectivity index (χ2n) is 5.91. The van der Waals surface area contributed by atoms with E-state index in [0.29, 0.717) is 35.2 Å². The number of ether oxygens (including phenoxy) is 4. The molecule has 0 fully saturated rings. The Labute approximate surface area is 161 Å². The van der Waals surface area contributed by atoms with Gasteiger partial charge in [-0.15, -0.1) is 0 Å². The molecule has 1 aromatic heterocycles. The van der Waals surface area contributed by atoms with E-state index in [0.717, 1.165) is 0 Å². The number of aromatic nitrogens is 2. The van der Waals surface area contributed by atoms with E-state index in [1.165, 1.54) is 0 Å². The smallest absolute Gasteiger partial charge is 0.351 e. The van der Waals surface area contributed by atoms with Gasteiger partial charge in [0.15, 0.2) is 18.1 Å². The fraction of sp³-hybridized carbons (Fsp3) is 0.250. The standard InChI is InChI=1S/C20H18N2O6/c1-2-24-14-8-4-3-7-13(14)19-21-18(28-22-19)12-26-20(23)17-11-25-15-9-5-6-10-16(15)27-17/h3-10,17H,2,11-12H2,1H3. The summed E-state index contributed by atoms with van der Waals surface area (Å²) in [6.45, 7) is 2.33. The summed E-state index contributed by atoms with van der Waals surface area (Å²) < 4.78 is 27.1. The van der Waals surface area contributed by atoms with Gasteiger partial charge in [-0.05, 0) is 31.2 Å². The third-order valence-corrected chi connectivity index (χ3v) is 4.01. The van der Waals surface area contributed by atoms with Crippen LogP contribution in [-0.2, 0) is 16.1 Å². The molecular formula is C20H18N2O6. The molecule has 3 aromatic rings. The fourth-order valence-electron chi connectivity index (χ4n) is 2.72. The molecule has 0 spiro atoms. The summed E-state index contributed by atoms with van der Waals surface area (Å²) >= 11 is 0. The van der Waals surface area contributed by atoms with Crippen LogP contribution in [0.5, 0.6) is 17.2 Å². The summed E-state index contributed by atoms with van der Waals surface area (Å²) in [5, 5.41) is 3.94. The quantitative estimate of drug-likeness (QED) is 0.601. The molecule has 0 aliphatic carbocycles. The van der Waals surface area contributed by atoms with E-state index >= 15 is 0 Å². The average Bonchev–Trinajstić information content (AvgIpc) is 3.21. The molecule has 0 saturated carbocycles. The lowest BCUT2D eigenvalue weighted by Crippen LogP contribution is -2.37. The first-order chi connectivity index (χ1) is 13.7. The summed E-state index contributed by atoms with van der Waals surface area (Å²) in [4.78, 5) is 16.5. The van der Waals surface area contributed by atoms with Crippen LogP contribution in [0.25, 0.3) is 11.4 Å². The van der Waals surface area contributed by atoms with Crippen LogP contribution in [-0.4, -0.2) is 35.4 Å². The molecule has 2 heterocycles. The molecule has 1 aliphatic heterocycles. The van der Waals surface area contributed by atoms with Gasteiger partial charge in [-0.3, -0.25) is 0 Å². The molecule has 0 saturated heterocycles. The second kappa shape index (κ2) is 7.99. The third-order valence-electron chi connectivity index (χ3n) is 4.01. The highest BCUT2D eigenvalue weighted by atomic mass is 16.6. The van der Waals surface area contributed by atoms with Gasteiger partial charge in [0.2, 0.25) is 11.9 Å². The van der Waals surface area contributed by atoms with Crippen LogP contribution in [0.4, 0.5) is 0 Å². The molecule has 0 radical (unpaired) electrons. The first-order valence-corrected chi connectivity index (χ1v) is 8.84. The van der Waals surface area contributed by atoms with Crippen molar-refractivity contribution in [2.45, 2.75) is 19.6 Å². The number of benzene rings is 2. The fourth-order valence-corrected chi connectivity index (χ4v) is 2.72. The topological polar surface area (TPSA) is 92.9 Å². The molecule has 1 unspecified atom stereocenters. The molecule has 2 aromatic carbocycles. The highest BCUT2D eigenvalue weighted by molar-refractivity contribution is 5.76. The highest BCUT2D eigenvalue weighted by Gasteiger charge is 2.29. The Hall–Kier alpha value is -3.55. The number of esters is 1. The van der Waals surface area contributed by atoms with Gasteiger partial charge in [-0.25, -0.2) is 4.79 Å². The first kappa shape index (κ1) is 17.8. The molecule has 4 rings (SSSR count). The predicted molar refractivity (Wildman–Crippen MR) is 97.1 cm³/mol. The zero-order chi connectivity index (χ0) is 19.3. The highest BCUT2D eigenvalue weighted by Crippen LogP contribution is 2.31. The number of fused-ring (bicyclic) bond motifs is 1. The Morgan fingerprint density at radius 2 is 1.93 bits per heavy atom. The lowest BCUT2D eigenvalue weighted by atomic mass is 10.2. The van der Waals surface area contributed by atoms with Crippen LogP contribution in [0, 0.1) is 0 Å². The first-order valence-electron chi connectivity index (χ1n) is 8.84. The largest absolute Gasteiger partial charge is 0.493 e. The van der Waals surface area contributed by atoms with Crippen LogP contribution in [0.3, 0.4) is 0 Å². The minimum atomic E-state index is -0.851. The van der Waals surface area contributed by atoms with Gasteiger partial charge in [-0.1, -0.05) is 29.4 Å². The normalized spacial score (nSPS) is 15.1. The molecule has 8 nitrogen and oxygen atoms in total. The van der Waals surface area contributed by atoms with Crippen molar-refractivity contribution >= 4 is 5.97 Å². The zero-order valence-corrected chi connectivity index (χ0v) is 15.2. The maximum atomic E-state index is 12.3. The van der Waals surface area contributed by atoms with E-state index in [1.807, 2.05) is 37.3 Å². The van der Waals surface area contributed by atoms with Gasteiger partial charge in [0, 0.05) is 0 Å². The molecule has 1 aliphatic rings. The van der Waals surface area contributed by atoms with E-state index < -0.39 is 12.1 Å². The molecule has 0 bridgehead atoms. The van der Waals surface area contributed by atoms with E-state index in [9.17, 15) is 4.79 Å². The molecule has 1 atom stereocenters. The Morgan fingerprint density at radius 3 is 2.79 bits per heavy atom. The van der Waals surface area contributed by atoms with Gasteiger partial charge in [0.05, 0.1) is 12.2 Å². The van der Waals surface area contributed by atoms with E-state index in [2.05, 4.69) is 10.1 Å². The van der Waals surface area contributed by atoms with Crippen LogP contribution >= 0.6 is 0 Å². The van der Waals surface area contributed by atoms with Crippen molar-refractivity contribution < 1.29 is 28.3 Å². The maximum Gasteiger partial charge on any atom is 0.351 e. The van der Waals surface area contributed by atoms with Crippen LogP contribution in [0.15, 0.2) is 53.1 Å². The third kappa shape index (κ3) is 3.75. The number of nitrogens with zero attached hydrogens (tertiary/aromatic N) is 2. The Balaban J connectivity index is 1.38. The maximum absolute atomic E-state index is 12.3. The lowest BCUT2D eigenvalue weighted by Gasteiger charge is -2.24. The van der Waals surface area contributed by atoms with E-state index in [4.69, 9.17) is 23.5 Å². The molecule has 0 amide bonds. The summed E-state index contributed by atoms with van der Waals surface area (Å²) in [6, 6.07) is 14.5. The minimum Gasteiger partial charge on any atom is -0.493 e. The monoisotopic (exact) mass is 382 g/mol. The molecule has 28 heavy (non-hydrogen) atoms. The van der Waals surface area contributed by atoms with Crippen molar-refractivity contribution in [2.24, 2.45) is 0 Å². The SMILES string of the molecule is CCOc1ccccc1-c1noc(COC(=O)C2COc3ccccc3O2)n1. The zero-order valence-electron chi connectivity index (χ0n) is 15.2. The van der Waals surface area contributed by atoms with Crippen molar-refractivity contribution in [1.82, 2.24) is 10.1 Å². The molecule has 144 valence electrons. The van der Waals surface area contributed by atoms with Gasteiger partial charge in [-0.2, -0.15) is 4.98 Å². The van der Waals surface area contributed by atoms with Crippen LogP contribution in [0.2, 0.25) is 0 Å². The van der Waals surface area contributed by atoms with Crippen molar-refractivity contribution in [3.05, 3.63) is 54.4 Å². The van der Waals surface area contributed by atoms with Crippen molar-refractivity contribution in [3.8, 4) is 28.6 Å². The van der Waals surface area contributed by atoms with Crippen LogP contribution < -0.4 is 14.2 Å². The average molecular weight is 382 g/mol. The number of rotatable bonds is 6. The summed E-state index contributed by atoms with van der Waals surface area (Å²) in [6.07, 6.45) is -0.851. The number of hydrogen-bond acceptors (Lipinski definition) is 8. The van der Waals surface area contributed by atoms with Gasteiger partial charge in [0.1, 0.15) is 12.4 Å². The summed E-state index contributed by atoms with van der Waals surface area (Å²) in [7, 11) is 0. The molecule has 8 heteroatoms. The number of carbonyl (C=O) groups is 1. The van der Waals surface area contributed by atoms with Gasteiger partial charge in [0.25, 0.3) is 5.89 Å². The van der Waals surface area contributed by atoms with Crippen molar-refractivity contribution in [2.75, 3.05) is 13.2 Å². The van der Waals surface area contributed by atoms with Crippen molar-refractivity contribution in [1.29, 1.82) is 0 Å². The van der Waals surface area contributed by atoms with E-state index in [1.54, 1.807) is 18.2 Å². The minimum absolute atomic E-state index is 0.0761. The second-order valence-corrected chi connectivity index (χ2v) is 5.91. The van der Waals surface area contributed by atoms with Crippen LogP contribution in [0.1, 0.15) is 12.8 Å². The van der Waals surface area contributed by atoms with Crippen molar-refractivity contribution in [3.63, 3.8) is 0 Å². The number of hydrogen-bond donors (Lipinski definition) is 0.